The molecular weight excluding hydrogens is 260 g/mol. The molecule has 1 aliphatic rings. The van der Waals surface area contributed by atoms with Crippen LogP contribution in [0, 0.1) is 34.5 Å². The third-order valence-corrected chi connectivity index (χ3v) is 3.89. The van der Waals surface area contributed by atoms with Crippen molar-refractivity contribution in [2.45, 2.75) is 12.2 Å². The summed E-state index contributed by atoms with van der Waals surface area (Å²) in [7, 11) is 0. The molecular formula is C18H14N2O. The molecule has 1 heterocycles. The summed E-state index contributed by atoms with van der Waals surface area (Å²) in [6, 6.07) is 23.8. The Bertz CT molecular complexity index is 623. The van der Waals surface area contributed by atoms with Gasteiger partial charge in [-0.15, -0.1) is 0 Å². The molecule has 1 saturated heterocycles. The van der Waals surface area contributed by atoms with Gasteiger partial charge in [0.25, 0.3) is 0 Å². The molecule has 2 aromatic carbocycles. The molecule has 0 aliphatic carbocycles. The maximum absolute atomic E-state index is 9.48. The zero-order valence-corrected chi connectivity index (χ0v) is 11.4. The highest BCUT2D eigenvalue weighted by atomic mass is 16.5. The maximum Gasteiger partial charge on any atom is 0.101 e. The maximum atomic E-state index is 9.48. The van der Waals surface area contributed by atoms with Crippen molar-refractivity contribution in [3.8, 4) is 12.1 Å². The second kappa shape index (κ2) is 5.79. The lowest BCUT2D eigenvalue weighted by atomic mass is 9.84. The van der Waals surface area contributed by atoms with Crippen LogP contribution in [0.15, 0.2) is 60.7 Å². The van der Waals surface area contributed by atoms with E-state index in [0.29, 0.717) is 0 Å². The van der Waals surface area contributed by atoms with Gasteiger partial charge in [0.05, 0.1) is 24.0 Å². The zero-order valence-electron chi connectivity index (χ0n) is 11.4. The summed E-state index contributed by atoms with van der Waals surface area (Å²) >= 11 is 0. The summed E-state index contributed by atoms with van der Waals surface area (Å²) in [5, 5.41) is 19.0. The van der Waals surface area contributed by atoms with Crippen molar-refractivity contribution < 1.29 is 4.74 Å². The minimum atomic E-state index is -0.456. The second-order valence-electron chi connectivity index (χ2n) is 5.11. The van der Waals surface area contributed by atoms with E-state index >= 15 is 0 Å². The van der Waals surface area contributed by atoms with E-state index in [9.17, 15) is 10.5 Å². The Balaban J connectivity index is 1.99. The zero-order chi connectivity index (χ0) is 14.7. The number of hydrogen-bond acceptors (Lipinski definition) is 3. The fourth-order valence-corrected chi connectivity index (χ4v) is 2.86. The molecule has 0 N–H and O–H groups in total. The van der Waals surface area contributed by atoms with Gasteiger partial charge >= 0.3 is 0 Å². The van der Waals surface area contributed by atoms with Crippen LogP contribution in [0.1, 0.15) is 23.3 Å². The first-order chi connectivity index (χ1) is 10.3. The van der Waals surface area contributed by atoms with E-state index < -0.39 is 11.8 Å². The quantitative estimate of drug-likeness (QED) is 0.837. The Labute approximate surface area is 124 Å². The van der Waals surface area contributed by atoms with Gasteiger partial charge in [-0.05, 0) is 11.1 Å². The van der Waals surface area contributed by atoms with E-state index in [0.717, 1.165) is 11.1 Å². The second-order valence-corrected chi connectivity index (χ2v) is 5.11. The van der Waals surface area contributed by atoms with Crippen molar-refractivity contribution in [3.63, 3.8) is 0 Å². The molecule has 0 unspecified atom stereocenters. The average molecular weight is 274 g/mol. The minimum Gasteiger partial charge on any atom is -0.363 e. The summed E-state index contributed by atoms with van der Waals surface area (Å²) in [5.74, 6) is -0.912. The molecule has 3 rings (SSSR count). The predicted octanol–water partition coefficient (Wildman–Crippen LogP) is 3.78. The smallest absolute Gasteiger partial charge is 0.101 e. The molecule has 3 nitrogen and oxygen atoms in total. The molecule has 0 aromatic heterocycles. The van der Waals surface area contributed by atoms with E-state index in [1.54, 1.807) is 0 Å². The Morgan fingerprint density at radius 3 is 1.38 bits per heavy atom. The normalized spacial score (nSPS) is 27.7. The van der Waals surface area contributed by atoms with Crippen LogP contribution in [0.4, 0.5) is 0 Å². The lowest BCUT2D eigenvalue weighted by molar-refractivity contribution is 0.0337. The number of nitriles is 2. The summed E-state index contributed by atoms with van der Waals surface area (Å²) < 4.78 is 6.10. The lowest BCUT2D eigenvalue weighted by Gasteiger charge is -2.15. The van der Waals surface area contributed by atoms with Gasteiger partial charge in [-0.25, -0.2) is 0 Å². The van der Waals surface area contributed by atoms with Gasteiger partial charge in [-0.1, -0.05) is 60.7 Å². The molecule has 4 atom stereocenters. The van der Waals surface area contributed by atoms with Crippen LogP contribution in [0.3, 0.4) is 0 Å². The summed E-state index contributed by atoms with van der Waals surface area (Å²) in [4.78, 5) is 0. The molecule has 0 bridgehead atoms. The first-order valence-corrected chi connectivity index (χ1v) is 6.89. The molecule has 1 aliphatic heterocycles. The van der Waals surface area contributed by atoms with E-state index in [1.807, 2.05) is 60.7 Å². The highest BCUT2D eigenvalue weighted by molar-refractivity contribution is 5.28. The number of ether oxygens (including phenoxy) is 1. The average Bonchev–Trinajstić information content (AvgIpc) is 2.95. The fraction of sp³-hybridized carbons (Fsp3) is 0.222. The highest BCUT2D eigenvalue weighted by Crippen LogP contribution is 2.48. The largest absolute Gasteiger partial charge is 0.363 e. The first kappa shape index (κ1) is 13.4. The molecule has 1 fully saturated rings. The fourth-order valence-electron chi connectivity index (χ4n) is 2.86. The topological polar surface area (TPSA) is 56.8 Å². The molecule has 0 saturated carbocycles. The van der Waals surface area contributed by atoms with Crippen LogP contribution >= 0.6 is 0 Å². The molecule has 102 valence electrons. The standard InChI is InChI=1S/C18H14N2O/c19-11-15-16(12-20)18(14-9-5-2-6-10-14)21-17(15)13-7-3-1-4-8-13/h1-10,15-18H/t15-,16-,17+,18+/m1/s1. The van der Waals surface area contributed by atoms with Crippen molar-refractivity contribution in [2.24, 2.45) is 11.8 Å². The van der Waals surface area contributed by atoms with E-state index in [2.05, 4.69) is 12.1 Å². The number of nitrogens with zero attached hydrogens (tertiary/aromatic N) is 2. The highest BCUT2D eigenvalue weighted by Gasteiger charge is 2.46. The SMILES string of the molecule is N#C[C@@H]1[C@@H](C#N)[C@H](c2ccccc2)O[C@H]1c1ccccc1. The van der Waals surface area contributed by atoms with Gasteiger partial charge in [-0.2, -0.15) is 10.5 Å². The van der Waals surface area contributed by atoms with Crippen LogP contribution in [-0.4, -0.2) is 0 Å². The molecule has 0 radical (unpaired) electrons. The van der Waals surface area contributed by atoms with E-state index in [4.69, 9.17) is 4.74 Å². The van der Waals surface area contributed by atoms with Crippen LogP contribution in [-0.2, 0) is 4.74 Å². The molecule has 3 heteroatoms. The van der Waals surface area contributed by atoms with E-state index in [-0.39, 0.29) is 12.2 Å². The van der Waals surface area contributed by atoms with Gasteiger partial charge in [-0.3, -0.25) is 0 Å². The summed E-state index contributed by atoms with van der Waals surface area (Å²) in [5.41, 5.74) is 1.89. The van der Waals surface area contributed by atoms with Crippen molar-refractivity contribution in [3.05, 3.63) is 71.8 Å². The molecule has 0 amide bonds. The Kier molecular flexibility index (Phi) is 3.69. The number of benzene rings is 2. The van der Waals surface area contributed by atoms with Gasteiger partial charge in [0, 0.05) is 0 Å². The van der Waals surface area contributed by atoms with Crippen LogP contribution in [0.5, 0.6) is 0 Å². The van der Waals surface area contributed by atoms with Crippen LogP contribution < -0.4 is 0 Å². The van der Waals surface area contributed by atoms with Gasteiger partial charge in [0.2, 0.25) is 0 Å². The number of rotatable bonds is 2. The van der Waals surface area contributed by atoms with Crippen LogP contribution in [0.25, 0.3) is 0 Å². The predicted molar refractivity (Wildman–Crippen MR) is 77.7 cm³/mol. The van der Waals surface area contributed by atoms with Crippen LogP contribution in [0.2, 0.25) is 0 Å². The third-order valence-electron chi connectivity index (χ3n) is 3.89. The Morgan fingerprint density at radius 1 is 0.667 bits per heavy atom. The van der Waals surface area contributed by atoms with Gasteiger partial charge < -0.3 is 4.74 Å². The van der Waals surface area contributed by atoms with Crippen molar-refractivity contribution >= 4 is 0 Å². The lowest BCUT2D eigenvalue weighted by Crippen LogP contribution is -2.13. The molecule has 21 heavy (non-hydrogen) atoms. The Morgan fingerprint density at radius 2 is 1.05 bits per heavy atom. The monoisotopic (exact) mass is 274 g/mol. The summed E-state index contributed by atoms with van der Waals surface area (Å²) in [6.45, 7) is 0. The summed E-state index contributed by atoms with van der Waals surface area (Å²) in [6.07, 6.45) is -0.711. The molecule has 2 aromatic rings. The van der Waals surface area contributed by atoms with E-state index in [1.165, 1.54) is 0 Å². The van der Waals surface area contributed by atoms with Crippen molar-refractivity contribution in [2.75, 3.05) is 0 Å². The van der Waals surface area contributed by atoms with Gasteiger partial charge in [0.15, 0.2) is 0 Å². The van der Waals surface area contributed by atoms with Crippen molar-refractivity contribution in [1.82, 2.24) is 0 Å². The van der Waals surface area contributed by atoms with Gasteiger partial charge in [0.1, 0.15) is 12.2 Å². The Hall–Kier alpha value is -2.62. The minimum absolute atomic E-state index is 0.356. The van der Waals surface area contributed by atoms with Crippen molar-refractivity contribution in [1.29, 1.82) is 10.5 Å². The number of hydrogen-bond donors (Lipinski definition) is 0. The molecule has 0 spiro atoms. The third kappa shape index (κ3) is 2.40. The first-order valence-electron chi connectivity index (χ1n) is 6.89.